The van der Waals surface area contributed by atoms with Gasteiger partial charge in [-0.25, -0.2) is 14.4 Å². The lowest BCUT2D eigenvalue weighted by atomic mass is 10.3. The van der Waals surface area contributed by atoms with Gasteiger partial charge in [-0.1, -0.05) is 13.2 Å². The van der Waals surface area contributed by atoms with E-state index in [1.807, 2.05) is 0 Å². The van der Waals surface area contributed by atoms with Gasteiger partial charge in [-0.15, -0.1) is 0 Å². The monoisotopic (exact) mass is 346 g/mol. The maximum Gasteiger partial charge on any atom is 0.508 e. The van der Waals surface area contributed by atoms with Gasteiger partial charge in [0.05, 0.1) is 6.61 Å². The van der Waals surface area contributed by atoms with Crippen LogP contribution in [0.25, 0.3) is 0 Å². The Morgan fingerprint density at radius 1 is 1.25 bits per heavy atom. The minimum absolute atomic E-state index is 0.0113. The number of hydrogen-bond donors (Lipinski definition) is 2. The van der Waals surface area contributed by atoms with Crippen LogP contribution >= 0.6 is 0 Å². The molecule has 0 saturated carbocycles. The second kappa shape index (κ2) is 11.2. The summed E-state index contributed by atoms with van der Waals surface area (Å²) in [6, 6.07) is 0. The number of rotatable bonds is 7. The minimum Gasteiger partial charge on any atom is -0.460 e. The van der Waals surface area contributed by atoms with Crippen molar-refractivity contribution in [2.24, 2.45) is 0 Å². The molecule has 2 atom stereocenters. The average molecular weight is 346 g/mol. The van der Waals surface area contributed by atoms with Crippen LogP contribution in [-0.4, -0.2) is 66.9 Å². The van der Waals surface area contributed by atoms with Crippen LogP contribution in [0.1, 0.15) is 13.8 Å². The van der Waals surface area contributed by atoms with Crippen LogP contribution in [0, 0.1) is 0 Å². The Morgan fingerprint density at radius 2 is 1.79 bits per heavy atom. The van der Waals surface area contributed by atoms with E-state index >= 15 is 0 Å². The number of hydrogen-bond acceptors (Lipinski definition) is 9. The van der Waals surface area contributed by atoms with Crippen LogP contribution in [-0.2, 0) is 28.5 Å². The van der Waals surface area contributed by atoms with Crippen molar-refractivity contribution in [3.05, 3.63) is 24.3 Å². The first-order valence-corrected chi connectivity index (χ1v) is 6.95. The van der Waals surface area contributed by atoms with Gasteiger partial charge in [-0.05, 0) is 13.8 Å². The van der Waals surface area contributed by atoms with Crippen molar-refractivity contribution in [2.45, 2.75) is 26.1 Å². The Bertz CT molecular complexity index is 483. The maximum absolute atomic E-state index is 10.9. The van der Waals surface area contributed by atoms with E-state index in [9.17, 15) is 14.4 Å². The van der Waals surface area contributed by atoms with Gasteiger partial charge in [0.25, 0.3) is 0 Å². The first-order valence-electron chi connectivity index (χ1n) is 6.95. The molecule has 24 heavy (non-hydrogen) atoms. The molecule has 0 aromatic rings. The molecule has 1 saturated heterocycles. The molecule has 1 rings (SSSR count). The van der Waals surface area contributed by atoms with Crippen molar-refractivity contribution in [2.75, 3.05) is 26.4 Å². The molecular formula is C15H22O9. The Balaban J connectivity index is 0.000000449. The number of aliphatic hydroxyl groups is 2. The molecule has 9 heteroatoms. The van der Waals surface area contributed by atoms with E-state index < -0.39 is 36.9 Å². The third-order valence-electron chi connectivity index (χ3n) is 2.36. The molecule has 2 unspecified atom stereocenters. The normalized spacial score (nSPS) is 16.7. The molecule has 1 heterocycles. The van der Waals surface area contributed by atoms with Gasteiger partial charge in [-0.2, -0.15) is 0 Å². The highest BCUT2D eigenvalue weighted by atomic mass is 16.8. The summed E-state index contributed by atoms with van der Waals surface area (Å²) in [5, 5.41) is 17.1. The molecule has 136 valence electrons. The second-order valence-electron chi connectivity index (χ2n) is 4.89. The summed E-state index contributed by atoms with van der Waals surface area (Å²) in [6.45, 7) is 9.32. The quantitative estimate of drug-likeness (QED) is 0.374. The van der Waals surface area contributed by atoms with E-state index in [1.165, 1.54) is 6.92 Å². The fraction of sp³-hybridized carbons (Fsp3) is 0.533. The fourth-order valence-electron chi connectivity index (χ4n) is 1.09. The average Bonchev–Trinajstić information content (AvgIpc) is 2.95. The van der Waals surface area contributed by atoms with Crippen LogP contribution in [0.5, 0.6) is 0 Å². The molecule has 1 fully saturated rings. The van der Waals surface area contributed by atoms with Crippen LogP contribution in [0.15, 0.2) is 24.3 Å². The van der Waals surface area contributed by atoms with Crippen molar-refractivity contribution in [3.8, 4) is 0 Å². The van der Waals surface area contributed by atoms with Gasteiger partial charge >= 0.3 is 18.1 Å². The van der Waals surface area contributed by atoms with Gasteiger partial charge in [-0.3, -0.25) is 0 Å². The molecule has 1 aliphatic rings. The molecule has 2 N–H and O–H groups in total. The molecule has 0 radical (unpaired) electrons. The van der Waals surface area contributed by atoms with Crippen LogP contribution < -0.4 is 0 Å². The molecule has 1 aliphatic heterocycles. The lowest BCUT2D eigenvalue weighted by molar-refractivity contribution is -0.142. The highest BCUT2D eigenvalue weighted by molar-refractivity contribution is 5.87. The number of aliphatic hydroxyl groups excluding tert-OH is 2. The third-order valence-corrected chi connectivity index (χ3v) is 2.36. The summed E-state index contributed by atoms with van der Waals surface area (Å²) in [5.74, 6) is -1.06. The van der Waals surface area contributed by atoms with E-state index in [0.717, 1.165) is 0 Å². The number of carbonyl (C=O) groups is 3. The summed E-state index contributed by atoms with van der Waals surface area (Å²) < 4.78 is 18.4. The largest absolute Gasteiger partial charge is 0.508 e. The highest BCUT2D eigenvalue weighted by Crippen LogP contribution is 2.07. The molecule has 0 amide bonds. The SMILES string of the molecule is C=C(C)C(=O)OCC(O)CO.C=C(C)C(=O)OCC1COC(=O)O1. The van der Waals surface area contributed by atoms with Gasteiger partial charge in [0.15, 0.2) is 6.10 Å². The number of carbonyl (C=O) groups excluding carboxylic acids is 3. The van der Waals surface area contributed by atoms with Gasteiger partial charge in [0.1, 0.15) is 25.9 Å². The predicted molar refractivity (Wildman–Crippen MR) is 80.9 cm³/mol. The van der Waals surface area contributed by atoms with Crippen LogP contribution in [0.4, 0.5) is 4.79 Å². The second-order valence-corrected chi connectivity index (χ2v) is 4.89. The number of cyclic esters (lactones) is 2. The molecule has 0 aromatic carbocycles. The Hall–Kier alpha value is -2.39. The van der Waals surface area contributed by atoms with E-state index in [-0.39, 0.29) is 25.4 Å². The van der Waals surface area contributed by atoms with Crippen molar-refractivity contribution in [1.82, 2.24) is 0 Å². The third kappa shape index (κ3) is 9.59. The summed E-state index contributed by atoms with van der Waals surface area (Å²) >= 11 is 0. The highest BCUT2D eigenvalue weighted by Gasteiger charge is 2.26. The molecule has 9 nitrogen and oxygen atoms in total. The maximum atomic E-state index is 10.9. The number of esters is 2. The smallest absolute Gasteiger partial charge is 0.460 e. The van der Waals surface area contributed by atoms with E-state index in [0.29, 0.717) is 5.57 Å². The van der Waals surface area contributed by atoms with Crippen molar-refractivity contribution >= 4 is 18.1 Å². The molecular weight excluding hydrogens is 324 g/mol. The zero-order valence-electron chi connectivity index (χ0n) is 13.6. The molecule has 0 aliphatic carbocycles. The van der Waals surface area contributed by atoms with E-state index in [1.54, 1.807) is 6.92 Å². The van der Waals surface area contributed by atoms with Crippen molar-refractivity contribution < 1.29 is 43.5 Å². The molecule has 0 aromatic heterocycles. The Kier molecular flexibility index (Phi) is 10.1. The lowest BCUT2D eigenvalue weighted by Gasteiger charge is -2.07. The summed E-state index contributed by atoms with van der Waals surface area (Å²) in [4.78, 5) is 32.0. The number of ether oxygens (including phenoxy) is 4. The summed E-state index contributed by atoms with van der Waals surface area (Å²) in [6.07, 6.45) is -2.22. The van der Waals surface area contributed by atoms with Crippen molar-refractivity contribution in [1.29, 1.82) is 0 Å². The zero-order chi connectivity index (χ0) is 18.7. The molecule has 0 spiro atoms. The first kappa shape index (κ1) is 21.6. The summed E-state index contributed by atoms with van der Waals surface area (Å²) in [5.41, 5.74) is 0.584. The van der Waals surface area contributed by atoms with Gasteiger partial charge in [0.2, 0.25) is 0 Å². The predicted octanol–water partition coefficient (Wildman–Crippen LogP) is 0.1000. The zero-order valence-corrected chi connectivity index (χ0v) is 13.6. The first-order chi connectivity index (χ1) is 11.2. The van der Waals surface area contributed by atoms with E-state index in [2.05, 4.69) is 27.4 Å². The molecule has 0 bridgehead atoms. The van der Waals surface area contributed by atoms with Crippen LogP contribution in [0.2, 0.25) is 0 Å². The lowest BCUT2D eigenvalue weighted by Crippen LogP contribution is -2.22. The fourth-order valence-corrected chi connectivity index (χ4v) is 1.09. The topological polar surface area (TPSA) is 129 Å². The van der Waals surface area contributed by atoms with E-state index in [4.69, 9.17) is 14.9 Å². The van der Waals surface area contributed by atoms with Gasteiger partial charge < -0.3 is 29.2 Å². The summed E-state index contributed by atoms with van der Waals surface area (Å²) in [7, 11) is 0. The van der Waals surface area contributed by atoms with Gasteiger partial charge in [0, 0.05) is 11.1 Å². The van der Waals surface area contributed by atoms with Crippen LogP contribution in [0.3, 0.4) is 0 Å². The standard InChI is InChI=1S/C8H10O5.C7H12O4/c1-5(2)7(9)11-3-6-4-12-8(10)13-6;1-5(2)7(10)11-4-6(9)3-8/h6H,1,3-4H2,2H3;6,8-9H,1,3-4H2,2H3. The Morgan fingerprint density at radius 3 is 2.21 bits per heavy atom. The Labute approximate surface area is 139 Å². The van der Waals surface area contributed by atoms with Crippen molar-refractivity contribution in [3.63, 3.8) is 0 Å². The minimum atomic E-state index is -1.00.